The Bertz CT molecular complexity index is 423. The van der Waals surface area contributed by atoms with E-state index in [1.165, 1.54) is 167 Å². The van der Waals surface area contributed by atoms with E-state index in [4.69, 9.17) is 4.74 Å². The molecule has 0 saturated heterocycles. The molecule has 0 N–H and O–H groups in total. The summed E-state index contributed by atoms with van der Waals surface area (Å²) < 4.78 is 6.25. The molecule has 0 aliphatic rings. The van der Waals surface area contributed by atoms with Gasteiger partial charge in [-0.3, -0.25) is 0 Å². The van der Waals surface area contributed by atoms with Gasteiger partial charge >= 0.3 is 0 Å². The van der Waals surface area contributed by atoms with Crippen LogP contribution in [0.1, 0.15) is 195 Å². The Labute approximate surface area is 235 Å². The fourth-order valence-corrected chi connectivity index (χ4v) is 5.18. The van der Waals surface area contributed by atoms with Crippen LogP contribution in [0.4, 0.5) is 0 Å². The zero-order chi connectivity index (χ0) is 27.1. The van der Waals surface area contributed by atoms with E-state index >= 15 is 0 Å². The summed E-state index contributed by atoms with van der Waals surface area (Å²) in [6, 6.07) is 0. The molecule has 220 valence electrons. The molecule has 0 spiro atoms. The molecule has 0 bridgehead atoms. The minimum Gasteiger partial charge on any atom is -0.376 e. The third-order valence-corrected chi connectivity index (χ3v) is 7.71. The zero-order valence-electron chi connectivity index (χ0n) is 26.3. The Balaban J connectivity index is 3.37. The van der Waals surface area contributed by atoms with Crippen LogP contribution in [0.2, 0.25) is 0 Å². The van der Waals surface area contributed by atoms with Crippen molar-refractivity contribution in [1.82, 2.24) is 0 Å². The van der Waals surface area contributed by atoms with Crippen molar-refractivity contribution in [2.45, 2.75) is 207 Å². The minimum absolute atomic E-state index is 0.420. The van der Waals surface area contributed by atoms with Crippen LogP contribution in [0.25, 0.3) is 0 Å². The zero-order valence-corrected chi connectivity index (χ0v) is 26.3. The lowest BCUT2D eigenvalue weighted by Crippen LogP contribution is -2.17. The molecule has 0 fully saturated rings. The van der Waals surface area contributed by atoms with E-state index in [2.05, 4.69) is 52.0 Å². The molecule has 0 aliphatic carbocycles. The summed E-state index contributed by atoms with van der Waals surface area (Å²) in [5.74, 6) is 0. The van der Waals surface area contributed by atoms with Crippen LogP contribution in [0, 0.1) is 0 Å². The second-order valence-electron chi connectivity index (χ2n) is 11.8. The van der Waals surface area contributed by atoms with E-state index in [1.54, 1.807) is 0 Å². The molecule has 0 heterocycles. The van der Waals surface area contributed by atoms with E-state index in [0.717, 1.165) is 0 Å². The molecular weight excluding hydrogens is 448 g/mol. The summed E-state index contributed by atoms with van der Waals surface area (Å²) in [5.41, 5.74) is 0. The van der Waals surface area contributed by atoms with Crippen molar-refractivity contribution < 1.29 is 4.74 Å². The van der Waals surface area contributed by atoms with Crippen LogP contribution in [0.15, 0.2) is 24.3 Å². The van der Waals surface area contributed by atoms with E-state index in [1.807, 2.05) is 0 Å². The maximum absolute atomic E-state index is 6.25. The molecule has 0 aromatic rings. The first-order chi connectivity index (χ1) is 18.2. The highest BCUT2D eigenvalue weighted by Gasteiger charge is 2.08. The van der Waals surface area contributed by atoms with Crippen LogP contribution in [0.3, 0.4) is 0 Å². The Kier molecular flexibility index (Phi) is 31.2. The van der Waals surface area contributed by atoms with Crippen molar-refractivity contribution in [3.8, 4) is 0 Å². The van der Waals surface area contributed by atoms with Gasteiger partial charge in [0.2, 0.25) is 0 Å². The molecule has 0 amide bonds. The van der Waals surface area contributed by atoms with Crippen molar-refractivity contribution in [2.24, 2.45) is 0 Å². The average molecular weight is 519 g/mol. The monoisotopic (exact) mass is 519 g/mol. The topological polar surface area (TPSA) is 9.23 Å². The summed E-state index contributed by atoms with van der Waals surface area (Å²) in [5, 5.41) is 0. The molecule has 0 radical (unpaired) electrons. The third-order valence-electron chi connectivity index (χ3n) is 7.71. The van der Waals surface area contributed by atoms with Crippen molar-refractivity contribution in [2.75, 3.05) is 0 Å². The highest BCUT2D eigenvalue weighted by molar-refractivity contribution is 4.82. The highest BCUT2D eigenvalue weighted by atomic mass is 16.5. The first kappa shape index (κ1) is 36.4. The number of ether oxygens (including phenoxy) is 1. The molecule has 1 nitrogen and oxygen atoms in total. The van der Waals surface area contributed by atoms with Crippen molar-refractivity contribution >= 4 is 0 Å². The highest BCUT2D eigenvalue weighted by Crippen LogP contribution is 2.15. The summed E-state index contributed by atoms with van der Waals surface area (Å²) in [6.07, 6.45) is 45.8. The first-order valence-corrected chi connectivity index (χ1v) is 17.2. The van der Waals surface area contributed by atoms with E-state index in [9.17, 15) is 0 Å². The van der Waals surface area contributed by atoms with Gasteiger partial charge in [0.1, 0.15) is 0 Å². The van der Waals surface area contributed by atoms with Gasteiger partial charge in [0.25, 0.3) is 0 Å². The fraction of sp³-hybridized carbons (Fsp3) is 0.889. The fourth-order valence-electron chi connectivity index (χ4n) is 5.18. The first-order valence-electron chi connectivity index (χ1n) is 17.2. The lowest BCUT2D eigenvalue weighted by atomic mass is 10.1. The summed E-state index contributed by atoms with van der Waals surface area (Å²) >= 11 is 0. The van der Waals surface area contributed by atoms with Crippen molar-refractivity contribution in [3.05, 3.63) is 24.3 Å². The number of unbranched alkanes of at least 4 members (excludes halogenated alkanes) is 20. The van der Waals surface area contributed by atoms with Crippen LogP contribution in [-0.4, -0.2) is 12.2 Å². The van der Waals surface area contributed by atoms with Gasteiger partial charge in [-0.1, -0.05) is 141 Å². The number of hydrogen-bond donors (Lipinski definition) is 0. The second kappa shape index (κ2) is 31.7. The second-order valence-corrected chi connectivity index (χ2v) is 11.8. The number of hydrogen-bond acceptors (Lipinski definition) is 1. The van der Waals surface area contributed by atoms with Gasteiger partial charge in [0.05, 0.1) is 12.2 Å². The molecule has 0 rings (SSSR count). The van der Waals surface area contributed by atoms with Crippen LogP contribution < -0.4 is 0 Å². The van der Waals surface area contributed by atoms with Crippen LogP contribution in [-0.2, 0) is 4.74 Å². The smallest absolute Gasteiger partial charge is 0.0550 e. The molecule has 0 aliphatic heterocycles. The van der Waals surface area contributed by atoms with Crippen molar-refractivity contribution in [1.29, 1.82) is 0 Å². The minimum atomic E-state index is 0.420. The molecule has 2 atom stereocenters. The molecule has 37 heavy (non-hydrogen) atoms. The summed E-state index contributed by atoms with van der Waals surface area (Å²) in [6.45, 7) is 9.13. The Morgan fingerprint density at radius 3 is 0.973 bits per heavy atom. The summed E-state index contributed by atoms with van der Waals surface area (Å²) in [4.78, 5) is 0. The van der Waals surface area contributed by atoms with Gasteiger partial charge in [0.15, 0.2) is 0 Å². The summed E-state index contributed by atoms with van der Waals surface area (Å²) in [7, 11) is 0. The van der Waals surface area contributed by atoms with Gasteiger partial charge < -0.3 is 4.74 Å². The van der Waals surface area contributed by atoms with Gasteiger partial charge in [0, 0.05) is 0 Å². The van der Waals surface area contributed by atoms with Crippen molar-refractivity contribution in [3.63, 3.8) is 0 Å². The number of rotatable bonds is 30. The average Bonchev–Trinajstić information content (AvgIpc) is 2.89. The lowest BCUT2D eigenvalue weighted by Gasteiger charge is -2.19. The normalized spacial score (nSPS) is 13.7. The quantitative estimate of drug-likeness (QED) is 0.0678. The molecule has 1 heteroatoms. The largest absolute Gasteiger partial charge is 0.376 e. The third kappa shape index (κ3) is 31.6. The predicted molar refractivity (Wildman–Crippen MR) is 170 cm³/mol. The molecule has 2 unspecified atom stereocenters. The van der Waals surface area contributed by atoms with Gasteiger partial charge in [-0.25, -0.2) is 0 Å². The van der Waals surface area contributed by atoms with Crippen LogP contribution in [0.5, 0.6) is 0 Å². The SMILES string of the molecule is CCCCCCCCC=CCCCCCCC(C)OC(C)CCCCCCC=CCCCCCCCC. The molecule has 0 aromatic heterocycles. The van der Waals surface area contributed by atoms with Gasteiger partial charge in [-0.05, 0) is 78.1 Å². The standard InChI is InChI=1S/C36H70O/c1-5-7-9-11-13-15-17-19-21-23-25-27-29-31-33-35(3)37-36(4)34-32-30-28-26-24-22-20-18-16-14-12-10-8-6-2/h19-22,35-36H,5-18,23-34H2,1-4H3. The van der Waals surface area contributed by atoms with Gasteiger partial charge in [-0.15, -0.1) is 0 Å². The van der Waals surface area contributed by atoms with E-state index < -0.39 is 0 Å². The van der Waals surface area contributed by atoms with E-state index in [0.29, 0.717) is 12.2 Å². The predicted octanol–water partition coefficient (Wildman–Crippen LogP) is 13.1. The lowest BCUT2D eigenvalue weighted by molar-refractivity contribution is -0.00230. The van der Waals surface area contributed by atoms with Crippen LogP contribution >= 0.6 is 0 Å². The maximum Gasteiger partial charge on any atom is 0.0550 e. The Morgan fingerprint density at radius 1 is 0.378 bits per heavy atom. The van der Waals surface area contributed by atoms with Gasteiger partial charge in [-0.2, -0.15) is 0 Å². The molecular formula is C36H70O. The van der Waals surface area contributed by atoms with E-state index in [-0.39, 0.29) is 0 Å². The maximum atomic E-state index is 6.25. The Morgan fingerprint density at radius 2 is 0.649 bits per heavy atom. The number of allylic oxidation sites excluding steroid dienone is 4. The molecule has 0 saturated carbocycles. The Hall–Kier alpha value is -0.560. The molecule has 0 aromatic carbocycles.